The fourth-order valence-electron chi connectivity index (χ4n) is 3.37. The van der Waals surface area contributed by atoms with Crippen LogP contribution in [0.5, 0.6) is 0 Å². The molecule has 0 aliphatic carbocycles. The molecule has 0 saturated carbocycles. The Labute approximate surface area is 172 Å². The highest BCUT2D eigenvalue weighted by Gasteiger charge is 2.13. The van der Waals surface area contributed by atoms with Gasteiger partial charge in [0, 0.05) is 29.8 Å². The van der Waals surface area contributed by atoms with E-state index in [1.54, 1.807) is 18.5 Å². The Hall–Kier alpha value is -2.33. The minimum absolute atomic E-state index is 0.364. The zero-order valence-electron chi connectivity index (χ0n) is 16.8. The third-order valence-corrected chi connectivity index (χ3v) is 5.52. The summed E-state index contributed by atoms with van der Waals surface area (Å²) >= 11 is 6.55. The van der Waals surface area contributed by atoms with Crippen LogP contribution in [0.25, 0.3) is 11.6 Å². The van der Waals surface area contributed by atoms with Crippen molar-refractivity contribution in [2.45, 2.75) is 58.8 Å². The van der Waals surface area contributed by atoms with E-state index >= 15 is 0 Å². The van der Waals surface area contributed by atoms with Gasteiger partial charge in [0.15, 0.2) is 11.6 Å². The molecule has 2 heterocycles. The van der Waals surface area contributed by atoms with Gasteiger partial charge in [-0.2, -0.15) is 0 Å². The summed E-state index contributed by atoms with van der Waals surface area (Å²) in [5, 5.41) is 0.919. The summed E-state index contributed by atoms with van der Waals surface area (Å²) in [5.41, 5.74) is 4.85. The largest absolute Gasteiger partial charge is 0.234 e. The number of nitrogens with zero attached hydrogens (tertiary/aromatic N) is 4. The molecule has 0 N–H and O–H groups in total. The number of aryl methyl sites for hydroxylation is 2. The van der Waals surface area contributed by atoms with E-state index in [1.165, 1.54) is 30.4 Å². The van der Waals surface area contributed by atoms with Crippen LogP contribution in [-0.2, 0) is 12.8 Å². The summed E-state index contributed by atoms with van der Waals surface area (Å²) in [6, 6.07) is 6.27. The second-order valence-corrected chi connectivity index (χ2v) is 7.74. The highest BCUT2D eigenvalue weighted by atomic mass is 35.5. The van der Waals surface area contributed by atoms with Gasteiger partial charge in [-0.1, -0.05) is 50.4 Å². The van der Waals surface area contributed by atoms with E-state index in [0.717, 1.165) is 29.0 Å². The van der Waals surface area contributed by atoms with Gasteiger partial charge in [0.1, 0.15) is 0 Å². The number of rotatable bonds is 8. The van der Waals surface area contributed by atoms with Crippen LogP contribution in [0.4, 0.5) is 0 Å². The minimum atomic E-state index is 0.364. The van der Waals surface area contributed by atoms with Gasteiger partial charge < -0.3 is 0 Å². The summed E-state index contributed by atoms with van der Waals surface area (Å²) in [4.78, 5) is 17.3. The standard InChI is InChI=1S/C23H27ClN4/c1-4-5-6-8-19-13-20(12-17(3)21(19)24)16(2)11-18-14-27-23(28-15-18)22-25-9-7-10-26-22/h7,9-10,12-16H,4-6,8,11H2,1-3H3. The van der Waals surface area contributed by atoms with Crippen molar-refractivity contribution in [2.75, 3.05) is 0 Å². The maximum atomic E-state index is 6.55. The van der Waals surface area contributed by atoms with Gasteiger partial charge in [0.05, 0.1) is 0 Å². The maximum Gasteiger partial charge on any atom is 0.197 e. The molecule has 3 aromatic rings. The normalized spacial score (nSPS) is 12.1. The van der Waals surface area contributed by atoms with Gasteiger partial charge in [-0.3, -0.25) is 0 Å². The van der Waals surface area contributed by atoms with Gasteiger partial charge in [-0.05, 0) is 60.4 Å². The van der Waals surface area contributed by atoms with Crippen LogP contribution in [0, 0.1) is 6.92 Å². The van der Waals surface area contributed by atoms with Crippen molar-refractivity contribution < 1.29 is 0 Å². The molecule has 5 heteroatoms. The molecule has 0 aliphatic heterocycles. The van der Waals surface area contributed by atoms with E-state index in [-0.39, 0.29) is 0 Å². The van der Waals surface area contributed by atoms with Crippen LogP contribution in [-0.4, -0.2) is 19.9 Å². The molecule has 0 radical (unpaired) electrons. The van der Waals surface area contributed by atoms with Crippen molar-refractivity contribution in [1.29, 1.82) is 0 Å². The first kappa shape index (κ1) is 20.4. The van der Waals surface area contributed by atoms with Crippen LogP contribution in [0.2, 0.25) is 5.02 Å². The minimum Gasteiger partial charge on any atom is -0.234 e. The third kappa shape index (κ3) is 5.14. The SMILES string of the molecule is CCCCCc1cc(C(C)Cc2cnc(-c3ncccn3)nc2)cc(C)c1Cl. The number of hydrogen-bond acceptors (Lipinski definition) is 4. The molecule has 146 valence electrons. The van der Waals surface area contributed by atoms with E-state index in [1.807, 2.05) is 12.4 Å². The lowest BCUT2D eigenvalue weighted by atomic mass is 9.91. The molecule has 0 saturated heterocycles. The van der Waals surface area contributed by atoms with Crippen LogP contribution in [0.15, 0.2) is 43.0 Å². The summed E-state index contributed by atoms with van der Waals surface area (Å²) in [6.07, 6.45) is 12.7. The van der Waals surface area contributed by atoms with E-state index < -0.39 is 0 Å². The Morgan fingerprint density at radius 3 is 2.32 bits per heavy atom. The summed E-state index contributed by atoms with van der Waals surface area (Å²) < 4.78 is 0. The molecule has 2 aromatic heterocycles. The molecule has 0 spiro atoms. The lowest BCUT2D eigenvalue weighted by Crippen LogP contribution is -2.03. The van der Waals surface area contributed by atoms with Crippen LogP contribution in [0.3, 0.4) is 0 Å². The second kappa shape index (κ2) is 9.74. The zero-order chi connectivity index (χ0) is 19.9. The molecule has 1 unspecified atom stereocenters. The summed E-state index contributed by atoms with van der Waals surface area (Å²) in [5.74, 6) is 1.47. The molecular formula is C23H27ClN4. The van der Waals surface area contributed by atoms with E-state index in [9.17, 15) is 0 Å². The molecule has 1 atom stereocenters. The van der Waals surface area contributed by atoms with Gasteiger partial charge in [0.2, 0.25) is 0 Å². The Balaban J connectivity index is 1.72. The van der Waals surface area contributed by atoms with Gasteiger partial charge in [-0.15, -0.1) is 0 Å². The first-order valence-electron chi connectivity index (χ1n) is 9.95. The fourth-order valence-corrected chi connectivity index (χ4v) is 3.57. The quantitative estimate of drug-likeness (QED) is 0.441. The molecule has 0 fully saturated rings. The van der Waals surface area contributed by atoms with E-state index in [2.05, 4.69) is 52.8 Å². The van der Waals surface area contributed by atoms with Crippen molar-refractivity contribution in [3.8, 4) is 11.6 Å². The zero-order valence-corrected chi connectivity index (χ0v) is 17.6. The predicted molar refractivity (Wildman–Crippen MR) is 115 cm³/mol. The first-order valence-corrected chi connectivity index (χ1v) is 10.3. The second-order valence-electron chi connectivity index (χ2n) is 7.36. The van der Waals surface area contributed by atoms with Crippen molar-refractivity contribution in [1.82, 2.24) is 19.9 Å². The molecule has 3 rings (SSSR count). The first-order chi connectivity index (χ1) is 13.6. The monoisotopic (exact) mass is 394 g/mol. The van der Waals surface area contributed by atoms with Crippen molar-refractivity contribution >= 4 is 11.6 Å². The lowest BCUT2D eigenvalue weighted by molar-refractivity contribution is 0.712. The molecule has 0 bridgehead atoms. The number of benzene rings is 1. The Morgan fingerprint density at radius 2 is 1.64 bits per heavy atom. The summed E-state index contributed by atoms with van der Waals surface area (Å²) in [6.45, 7) is 6.56. The molecule has 1 aromatic carbocycles. The van der Waals surface area contributed by atoms with Crippen molar-refractivity contribution in [2.24, 2.45) is 0 Å². The Kier molecular flexibility index (Phi) is 7.10. The topological polar surface area (TPSA) is 51.6 Å². The average molecular weight is 395 g/mol. The lowest BCUT2D eigenvalue weighted by Gasteiger charge is -2.16. The Bertz CT molecular complexity index is 894. The van der Waals surface area contributed by atoms with Crippen LogP contribution in [0.1, 0.15) is 61.3 Å². The highest BCUT2D eigenvalue weighted by molar-refractivity contribution is 6.32. The summed E-state index contributed by atoms with van der Waals surface area (Å²) in [7, 11) is 0. The molecule has 4 nitrogen and oxygen atoms in total. The fraction of sp³-hybridized carbons (Fsp3) is 0.391. The van der Waals surface area contributed by atoms with E-state index in [4.69, 9.17) is 11.6 Å². The molecular weight excluding hydrogens is 368 g/mol. The number of hydrogen-bond donors (Lipinski definition) is 0. The number of unbranched alkanes of at least 4 members (excludes halogenated alkanes) is 2. The number of aromatic nitrogens is 4. The van der Waals surface area contributed by atoms with Crippen LogP contribution < -0.4 is 0 Å². The van der Waals surface area contributed by atoms with E-state index in [0.29, 0.717) is 17.6 Å². The Morgan fingerprint density at radius 1 is 0.964 bits per heavy atom. The van der Waals surface area contributed by atoms with Gasteiger partial charge >= 0.3 is 0 Å². The van der Waals surface area contributed by atoms with Gasteiger partial charge in [-0.25, -0.2) is 19.9 Å². The molecule has 0 amide bonds. The third-order valence-electron chi connectivity index (χ3n) is 4.98. The average Bonchev–Trinajstić information content (AvgIpc) is 2.72. The smallest absolute Gasteiger partial charge is 0.197 e. The molecule has 0 aliphatic rings. The molecule has 28 heavy (non-hydrogen) atoms. The predicted octanol–water partition coefficient (Wildman–Crippen LogP) is 5.97. The van der Waals surface area contributed by atoms with Crippen LogP contribution >= 0.6 is 11.6 Å². The highest BCUT2D eigenvalue weighted by Crippen LogP contribution is 2.29. The number of halogens is 1. The van der Waals surface area contributed by atoms with Gasteiger partial charge in [0.25, 0.3) is 0 Å². The van der Waals surface area contributed by atoms with Crippen molar-refractivity contribution in [3.63, 3.8) is 0 Å². The maximum absolute atomic E-state index is 6.55. The van der Waals surface area contributed by atoms with Crippen molar-refractivity contribution in [3.05, 3.63) is 70.3 Å².